The van der Waals surface area contributed by atoms with Gasteiger partial charge in [-0.15, -0.1) is 0 Å². The summed E-state index contributed by atoms with van der Waals surface area (Å²) in [6.45, 7) is 3.91. The molecule has 0 atom stereocenters. The van der Waals surface area contributed by atoms with Crippen molar-refractivity contribution in [3.05, 3.63) is 41.5 Å². The van der Waals surface area contributed by atoms with Crippen molar-refractivity contribution >= 4 is 17.8 Å². The molecular formula is C16H21N3O2. The number of aliphatic hydroxyl groups excluding tert-OH is 1. The summed E-state index contributed by atoms with van der Waals surface area (Å²) in [6, 6.07) is 7.03. The van der Waals surface area contributed by atoms with Gasteiger partial charge in [0.25, 0.3) is 0 Å². The minimum Gasteiger partial charge on any atom is -0.441 e. The number of benzene rings is 1. The first-order valence-corrected chi connectivity index (χ1v) is 6.74. The summed E-state index contributed by atoms with van der Waals surface area (Å²) < 4.78 is 5.46. The first-order chi connectivity index (χ1) is 10.1. The summed E-state index contributed by atoms with van der Waals surface area (Å²) in [5.41, 5.74) is 1.90. The summed E-state index contributed by atoms with van der Waals surface area (Å²) in [5, 5.41) is 24.6. The maximum atomic E-state index is 8.91. The lowest BCUT2D eigenvalue weighted by Crippen LogP contribution is -2.13. The second kappa shape index (κ2) is 8.81. The van der Waals surface area contributed by atoms with Crippen molar-refractivity contribution in [2.24, 2.45) is 4.99 Å². The number of hydrogen-bond acceptors (Lipinski definition) is 5. The number of nitrogens with one attached hydrogen (secondary N) is 2. The van der Waals surface area contributed by atoms with E-state index in [1.165, 1.54) is 0 Å². The molecule has 0 fully saturated rings. The summed E-state index contributed by atoms with van der Waals surface area (Å²) in [7, 11) is 0. The van der Waals surface area contributed by atoms with E-state index in [1.54, 1.807) is 30.5 Å². The molecule has 1 rings (SSSR count). The Kier molecular flexibility index (Phi) is 7.04. The van der Waals surface area contributed by atoms with Crippen LogP contribution >= 0.6 is 0 Å². The molecule has 0 heterocycles. The van der Waals surface area contributed by atoms with Gasteiger partial charge in [-0.3, -0.25) is 10.4 Å². The number of para-hydroxylation sites is 1. The second-order valence-electron chi connectivity index (χ2n) is 4.48. The molecule has 0 spiro atoms. The largest absolute Gasteiger partial charge is 0.441 e. The zero-order valence-corrected chi connectivity index (χ0v) is 12.4. The van der Waals surface area contributed by atoms with Crippen LogP contribution in [0.3, 0.4) is 0 Å². The SMILES string of the molecule is C/C=C(/C)C=NCC(=N)Oc1ccccc1C(=N)CCO. The zero-order chi connectivity index (χ0) is 15.7. The molecule has 0 saturated heterocycles. The highest BCUT2D eigenvalue weighted by Crippen LogP contribution is 2.19. The fourth-order valence-electron chi connectivity index (χ4n) is 1.56. The first-order valence-electron chi connectivity index (χ1n) is 6.74. The standard InChI is InChI=1S/C16H21N3O2/c1-3-12(2)10-19-11-16(18)21-15-7-5-4-6-13(15)14(17)8-9-20/h3-7,10,17-18,20H,8-9,11H2,1-2H3/b12-3-,17-14?,18-16?,19-10?. The van der Waals surface area contributed by atoms with Crippen LogP contribution < -0.4 is 4.74 Å². The van der Waals surface area contributed by atoms with Crippen LogP contribution in [0.2, 0.25) is 0 Å². The van der Waals surface area contributed by atoms with Gasteiger partial charge in [-0.05, 0) is 31.6 Å². The normalized spacial score (nSPS) is 11.7. The number of nitrogens with zero attached hydrogens (tertiary/aromatic N) is 1. The van der Waals surface area contributed by atoms with E-state index >= 15 is 0 Å². The van der Waals surface area contributed by atoms with Crippen LogP contribution in [0.5, 0.6) is 5.75 Å². The molecule has 0 aliphatic rings. The smallest absolute Gasteiger partial charge is 0.209 e. The molecule has 0 aliphatic carbocycles. The Morgan fingerprint density at radius 3 is 2.71 bits per heavy atom. The van der Waals surface area contributed by atoms with Crippen molar-refractivity contribution in [1.29, 1.82) is 10.8 Å². The number of aliphatic imine (C=N–C) groups is 1. The second-order valence-corrected chi connectivity index (χ2v) is 4.48. The van der Waals surface area contributed by atoms with Crippen LogP contribution in [-0.4, -0.2) is 36.1 Å². The quantitative estimate of drug-likeness (QED) is 0.531. The molecule has 0 bridgehead atoms. The molecular weight excluding hydrogens is 266 g/mol. The van der Waals surface area contributed by atoms with Crippen molar-refractivity contribution < 1.29 is 9.84 Å². The zero-order valence-electron chi connectivity index (χ0n) is 12.4. The monoisotopic (exact) mass is 287 g/mol. The number of hydrogen-bond donors (Lipinski definition) is 3. The number of aliphatic hydroxyl groups is 1. The lowest BCUT2D eigenvalue weighted by Gasteiger charge is -2.11. The van der Waals surface area contributed by atoms with E-state index in [0.29, 0.717) is 11.3 Å². The maximum absolute atomic E-state index is 8.91. The van der Waals surface area contributed by atoms with Crippen molar-refractivity contribution in [2.75, 3.05) is 13.2 Å². The third-order valence-electron chi connectivity index (χ3n) is 2.79. The van der Waals surface area contributed by atoms with Gasteiger partial charge in [-0.2, -0.15) is 0 Å². The molecule has 1 aromatic rings. The highest BCUT2D eigenvalue weighted by atomic mass is 16.5. The molecule has 1 aromatic carbocycles. The minimum atomic E-state index is -0.0858. The van der Waals surface area contributed by atoms with E-state index in [9.17, 15) is 0 Å². The molecule has 0 saturated carbocycles. The minimum absolute atomic E-state index is 0.0133. The molecule has 21 heavy (non-hydrogen) atoms. The average molecular weight is 287 g/mol. The van der Waals surface area contributed by atoms with Gasteiger partial charge in [0.2, 0.25) is 5.90 Å². The molecule has 3 N–H and O–H groups in total. The number of rotatable bonds is 7. The lowest BCUT2D eigenvalue weighted by molar-refractivity contribution is 0.307. The molecule has 5 heteroatoms. The van der Waals surface area contributed by atoms with Gasteiger partial charge in [0.05, 0.1) is 0 Å². The molecule has 112 valence electrons. The van der Waals surface area contributed by atoms with Gasteiger partial charge in [0.1, 0.15) is 12.3 Å². The van der Waals surface area contributed by atoms with Gasteiger partial charge in [0, 0.05) is 30.5 Å². The van der Waals surface area contributed by atoms with E-state index in [-0.39, 0.29) is 31.2 Å². The summed E-state index contributed by atoms with van der Waals surface area (Å²) in [5.74, 6) is 0.457. The van der Waals surface area contributed by atoms with Gasteiger partial charge in [-0.25, -0.2) is 0 Å². The van der Waals surface area contributed by atoms with Crippen molar-refractivity contribution in [3.63, 3.8) is 0 Å². The van der Waals surface area contributed by atoms with Crippen LogP contribution in [0.1, 0.15) is 25.8 Å². The van der Waals surface area contributed by atoms with Gasteiger partial charge in [0.15, 0.2) is 0 Å². The molecule has 0 aromatic heterocycles. The molecule has 0 radical (unpaired) electrons. The highest BCUT2D eigenvalue weighted by Gasteiger charge is 2.10. The summed E-state index contributed by atoms with van der Waals surface area (Å²) >= 11 is 0. The summed E-state index contributed by atoms with van der Waals surface area (Å²) in [6.07, 6.45) is 3.88. The average Bonchev–Trinajstić information content (AvgIpc) is 2.47. The Balaban J connectivity index is 2.72. The molecule has 0 amide bonds. The Bertz CT molecular complexity index is 562. The van der Waals surface area contributed by atoms with Crippen molar-refractivity contribution in [1.82, 2.24) is 0 Å². The molecule has 0 aliphatic heterocycles. The van der Waals surface area contributed by atoms with Gasteiger partial charge in [-0.1, -0.05) is 18.2 Å². The predicted molar refractivity (Wildman–Crippen MR) is 86.1 cm³/mol. The fourth-order valence-corrected chi connectivity index (χ4v) is 1.56. The Labute approximate surface area is 125 Å². The van der Waals surface area contributed by atoms with Crippen LogP contribution in [0, 0.1) is 10.8 Å². The number of ether oxygens (including phenoxy) is 1. The van der Waals surface area contributed by atoms with E-state index in [2.05, 4.69) is 4.99 Å². The van der Waals surface area contributed by atoms with Crippen LogP contribution in [-0.2, 0) is 0 Å². The van der Waals surface area contributed by atoms with E-state index in [0.717, 1.165) is 5.57 Å². The van der Waals surface area contributed by atoms with E-state index in [1.807, 2.05) is 19.9 Å². The molecule has 0 unspecified atom stereocenters. The Morgan fingerprint density at radius 2 is 2.05 bits per heavy atom. The number of allylic oxidation sites excluding steroid dienone is 2. The van der Waals surface area contributed by atoms with E-state index < -0.39 is 0 Å². The third-order valence-corrected chi connectivity index (χ3v) is 2.79. The topological polar surface area (TPSA) is 89.5 Å². The fraction of sp³-hybridized carbons (Fsp3) is 0.312. The predicted octanol–water partition coefficient (Wildman–Crippen LogP) is 2.83. The highest BCUT2D eigenvalue weighted by molar-refractivity contribution is 6.01. The van der Waals surface area contributed by atoms with Crippen LogP contribution in [0.15, 0.2) is 40.9 Å². The molecule has 5 nitrogen and oxygen atoms in total. The maximum Gasteiger partial charge on any atom is 0.209 e. The van der Waals surface area contributed by atoms with Crippen LogP contribution in [0.25, 0.3) is 0 Å². The Hall–Kier alpha value is -2.27. The third kappa shape index (κ3) is 5.71. The van der Waals surface area contributed by atoms with E-state index in [4.69, 9.17) is 20.7 Å². The van der Waals surface area contributed by atoms with Crippen molar-refractivity contribution in [2.45, 2.75) is 20.3 Å². The Morgan fingerprint density at radius 1 is 1.33 bits per heavy atom. The van der Waals surface area contributed by atoms with Crippen LogP contribution in [0.4, 0.5) is 0 Å². The summed E-state index contributed by atoms with van der Waals surface area (Å²) in [4.78, 5) is 4.11. The van der Waals surface area contributed by atoms with Gasteiger partial charge < -0.3 is 15.3 Å². The van der Waals surface area contributed by atoms with Gasteiger partial charge >= 0.3 is 0 Å². The lowest BCUT2D eigenvalue weighted by atomic mass is 10.1. The van der Waals surface area contributed by atoms with Crippen molar-refractivity contribution in [3.8, 4) is 5.75 Å². The first kappa shape index (κ1) is 16.8.